The van der Waals surface area contributed by atoms with Crippen LogP contribution >= 0.6 is 11.6 Å². The number of anilines is 1. The molecule has 2 N–H and O–H groups in total. The van der Waals surface area contributed by atoms with Gasteiger partial charge in [0.05, 0.1) is 5.54 Å². The fourth-order valence-corrected chi connectivity index (χ4v) is 1.03. The van der Waals surface area contributed by atoms with Gasteiger partial charge >= 0.3 is 0 Å². The first kappa shape index (κ1) is 11.9. The van der Waals surface area contributed by atoms with Crippen molar-refractivity contribution < 1.29 is 4.79 Å². The Labute approximate surface area is 94.0 Å². The third-order valence-corrected chi connectivity index (χ3v) is 2.36. The number of amides is 1. The van der Waals surface area contributed by atoms with Gasteiger partial charge in [0.15, 0.2) is 0 Å². The summed E-state index contributed by atoms with van der Waals surface area (Å²) in [5.41, 5.74) is -0.635. The molecule has 0 atom stereocenters. The number of carbonyl (C=O) groups is 1. The molecule has 5 heteroatoms. The molecule has 0 saturated heterocycles. The number of hydrogen-bond acceptors (Lipinski definition) is 3. The van der Waals surface area contributed by atoms with Crippen molar-refractivity contribution in [2.24, 2.45) is 0 Å². The maximum atomic E-state index is 11.7. The Bertz CT molecular complexity index is 365. The molecule has 1 heterocycles. The smallest absolute Gasteiger partial charge is 0.245 e. The summed E-state index contributed by atoms with van der Waals surface area (Å²) in [4.78, 5) is 15.7. The van der Waals surface area contributed by atoms with Crippen LogP contribution in [0, 0.1) is 0 Å². The maximum Gasteiger partial charge on any atom is 0.245 e. The molecule has 0 unspecified atom stereocenters. The van der Waals surface area contributed by atoms with Gasteiger partial charge in [0.2, 0.25) is 5.91 Å². The molecule has 1 amide bonds. The highest BCUT2D eigenvalue weighted by Crippen LogP contribution is 2.11. The molecule has 1 aromatic rings. The zero-order valence-corrected chi connectivity index (χ0v) is 9.72. The lowest BCUT2D eigenvalue weighted by molar-refractivity contribution is -0.121. The van der Waals surface area contributed by atoms with Gasteiger partial charge in [-0.1, -0.05) is 17.7 Å². The third kappa shape index (κ3) is 3.18. The summed E-state index contributed by atoms with van der Waals surface area (Å²) in [6, 6.07) is 5.08. The zero-order valence-electron chi connectivity index (χ0n) is 8.97. The summed E-state index contributed by atoms with van der Waals surface area (Å²) in [7, 11) is 1.73. The van der Waals surface area contributed by atoms with Crippen molar-refractivity contribution in [3.05, 3.63) is 23.4 Å². The van der Waals surface area contributed by atoms with Gasteiger partial charge in [-0.15, -0.1) is 0 Å². The van der Waals surface area contributed by atoms with Crippen LogP contribution < -0.4 is 10.6 Å². The van der Waals surface area contributed by atoms with E-state index < -0.39 is 5.54 Å². The minimum atomic E-state index is -0.635. The minimum Gasteiger partial charge on any atom is -0.309 e. The Morgan fingerprint density at radius 2 is 2.13 bits per heavy atom. The molecule has 0 radical (unpaired) electrons. The highest BCUT2D eigenvalue weighted by Gasteiger charge is 2.25. The first-order valence-corrected chi connectivity index (χ1v) is 4.96. The van der Waals surface area contributed by atoms with Gasteiger partial charge < -0.3 is 10.6 Å². The van der Waals surface area contributed by atoms with Crippen LogP contribution in [0.4, 0.5) is 5.82 Å². The highest BCUT2D eigenvalue weighted by molar-refractivity contribution is 6.29. The van der Waals surface area contributed by atoms with E-state index in [9.17, 15) is 4.79 Å². The molecule has 4 nitrogen and oxygen atoms in total. The predicted molar refractivity (Wildman–Crippen MR) is 61.0 cm³/mol. The lowest BCUT2D eigenvalue weighted by atomic mass is 10.1. The summed E-state index contributed by atoms with van der Waals surface area (Å²) >= 11 is 5.70. The first-order chi connectivity index (χ1) is 6.95. The summed E-state index contributed by atoms with van der Waals surface area (Å²) in [6.45, 7) is 3.57. The van der Waals surface area contributed by atoms with Crippen LogP contribution in [0.15, 0.2) is 18.2 Å². The molecule has 0 saturated carbocycles. The molecule has 0 aliphatic carbocycles. The number of aromatic nitrogens is 1. The fourth-order valence-electron chi connectivity index (χ4n) is 0.864. The van der Waals surface area contributed by atoms with Crippen molar-refractivity contribution in [2.75, 3.05) is 12.4 Å². The van der Waals surface area contributed by atoms with Crippen LogP contribution in [0.5, 0.6) is 0 Å². The predicted octanol–water partition coefficient (Wildman–Crippen LogP) is 1.67. The van der Waals surface area contributed by atoms with Gasteiger partial charge in [-0.2, -0.15) is 0 Å². The fraction of sp³-hybridized carbons (Fsp3) is 0.400. The van der Waals surface area contributed by atoms with E-state index in [0.29, 0.717) is 11.0 Å². The number of hydrogen-bond donors (Lipinski definition) is 2. The summed E-state index contributed by atoms with van der Waals surface area (Å²) < 4.78 is 0. The average Bonchev–Trinajstić information content (AvgIpc) is 2.17. The number of pyridine rings is 1. The van der Waals surface area contributed by atoms with Crippen molar-refractivity contribution in [1.82, 2.24) is 10.3 Å². The summed E-state index contributed by atoms with van der Waals surface area (Å²) in [5.74, 6) is 0.301. The first-order valence-electron chi connectivity index (χ1n) is 4.58. The van der Waals surface area contributed by atoms with Crippen LogP contribution in [-0.2, 0) is 4.79 Å². The van der Waals surface area contributed by atoms with Gasteiger partial charge in [-0.05, 0) is 33.0 Å². The quantitative estimate of drug-likeness (QED) is 0.773. The molecule has 0 bridgehead atoms. The van der Waals surface area contributed by atoms with Crippen LogP contribution in [-0.4, -0.2) is 23.5 Å². The van der Waals surface area contributed by atoms with E-state index in [0.717, 1.165) is 0 Å². The molecular formula is C10H14ClN3O. The molecule has 1 rings (SSSR count). The molecule has 0 spiro atoms. The molecule has 0 aliphatic rings. The molecule has 0 aromatic carbocycles. The van der Waals surface area contributed by atoms with Gasteiger partial charge in [0.1, 0.15) is 11.0 Å². The van der Waals surface area contributed by atoms with Crippen LogP contribution in [0.25, 0.3) is 0 Å². The van der Waals surface area contributed by atoms with Crippen LogP contribution in [0.1, 0.15) is 13.8 Å². The highest BCUT2D eigenvalue weighted by atomic mass is 35.5. The lowest BCUT2D eigenvalue weighted by Crippen LogP contribution is -2.48. The van der Waals surface area contributed by atoms with E-state index in [2.05, 4.69) is 15.6 Å². The Kier molecular flexibility index (Phi) is 3.66. The van der Waals surface area contributed by atoms with Gasteiger partial charge in [0, 0.05) is 0 Å². The van der Waals surface area contributed by atoms with Gasteiger partial charge in [0.25, 0.3) is 0 Å². The van der Waals surface area contributed by atoms with Crippen molar-refractivity contribution in [3.8, 4) is 0 Å². The maximum absolute atomic E-state index is 11.7. The lowest BCUT2D eigenvalue weighted by Gasteiger charge is -2.22. The van der Waals surface area contributed by atoms with Crippen molar-refractivity contribution >= 4 is 23.3 Å². The Morgan fingerprint density at radius 3 is 2.67 bits per heavy atom. The number of likely N-dealkylation sites (N-methyl/N-ethyl adjacent to an activating group) is 1. The summed E-state index contributed by atoms with van der Waals surface area (Å²) in [5, 5.41) is 5.94. The second-order valence-electron chi connectivity index (χ2n) is 3.67. The van der Waals surface area contributed by atoms with E-state index >= 15 is 0 Å². The van der Waals surface area contributed by atoms with Crippen molar-refractivity contribution in [1.29, 1.82) is 0 Å². The molecule has 0 aliphatic heterocycles. The van der Waals surface area contributed by atoms with Gasteiger partial charge in [-0.25, -0.2) is 4.98 Å². The number of nitrogens with one attached hydrogen (secondary N) is 2. The molecule has 1 aromatic heterocycles. The molecule has 82 valence electrons. The second kappa shape index (κ2) is 4.59. The number of rotatable bonds is 3. The average molecular weight is 228 g/mol. The number of carbonyl (C=O) groups excluding carboxylic acids is 1. The SMILES string of the molecule is CNC(C)(C)C(=O)Nc1cccc(Cl)n1. The van der Waals surface area contributed by atoms with Crippen molar-refractivity contribution in [3.63, 3.8) is 0 Å². The van der Waals surface area contributed by atoms with Crippen LogP contribution in [0.3, 0.4) is 0 Å². The Balaban J connectivity index is 2.75. The van der Waals surface area contributed by atoms with E-state index in [1.807, 2.05) is 0 Å². The largest absolute Gasteiger partial charge is 0.309 e. The normalized spacial score (nSPS) is 11.2. The van der Waals surface area contributed by atoms with Gasteiger partial charge in [-0.3, -0.25) is 4.79 Å². The monoisotopic (exact) mass is 227 g/mol. The number of nitrogens with zero attached hydrogens (tertiary/aromatic N) is 1. The molecular weight excluding hydrogens is 214 g/mol. The van der Waals surface area contributed by atoms with Crippen LogP contribution in [0.2, 0.25) is 5.15 Å². The second-order valence-corrected chi connectivity index (χ2v) is 4.06. The topological polar surface area (TPSA) is 54.0 Å². The van der Waals surface area contributed by atoms with Crippen molar-refractivity contribution in [2.45, 2.75) is 19.4 Å². The minimum absolute atomic E-state index is 0.153. The Morgan fingerprint density at radius 1 is 1.47 bits per heavy atom. The van der Waals surface area contributed by atoms with E-state index in [-0.39, 0.29) is 5.91 Å². The zero-order chi connectivity index (χ0) is 11.5. The summed E-state index contributed by atoms with van der Waals surface area (Å²) in [6.07, 6.45) is 0. The number of halogens is 1. The molecule has 0 fully saturated rings. The van der Waals surface area contributed by atoms with E-state index in [1.165, 1.54) is 0 Å². The molecule has 15 heavy (non-hydrogen) atoms. The third-order valence-electron chi connectivity index (χ3n) is 2.15. The van der Waals surface area contributed by atoms with E-state index in [1.54, 1.807) is 39.1 Å². The standard InChI is InChI=1S/C10H14ClN3O/c1-10(2,12-3)9(15)14-8-6-4-5-7(11)13-8/h4-6,12H,1-3H3,(H,13,14,15). The Hall–Kier alpha value is -1.13. The van der Waals surface area contributed by atoms with E-state index in [4.69, 9.17) is 11.6 Å².